The number of nitrogens with zero attached hydrogens (tertiary/aromatic N) is 2. The number of aromatic nitrogens is 2. The molecule has 0 saturated heterocycles. The van der Waals surface area contributed by atoms with Gasteiger partial charge in [-0.2, -0.15) is 0 Å². The van der Waals surface area contributed by atoms with Crippen LogP contribution in [0.4, 0.5) is 0 Å². The maximum absolute atomic E-state index is 4.27. The molecule has 1 aromatic heterocycles. The van der Waals surface area contributed by atoms with E-state index in [4.69, 9.17) is 0 Å². The van der Waals surface area contributed by atoms with Crippen molar-refractivity contribution in [2.24, 2.45) is 0 Å². The first kappa shape index (κ1) is 14.2. The van der Waals surface area contributed by atoms with E-state index in [0.29, 0.717) is 0 Å². The minimum atomic E-state index is 0.775. The Labute approximate surface area is 108 Å². The van der Waals surface area contributed by atoms with Crippen LogP contribution in [-0.2, 0) is 6.16 Å². The molecule has 2 aromatic rings. The lowest BCUT2D eigenvalue weighted by Gasteiger charge is -2.01. The van der Waals surface area contributed by atoms with Crippen molar-refractivity contribution in [2.45, 2.75) is 20.0 Å². The third-order valence-electron chi connectivity index (χ3n) is 2.12. The molecular weight excluding hydrogens is 246 g/mol. The minimum absolute atomic E-state index is 0.775. The van der Waals surface area contributed by atoms with E-state index >= 15 is 0 Å². The molecule has 2 nitrogen and oxygen atoms in total. The van der Waals surface area contributed by atoms with Gasteiger partial charge in [-0.05, 0) is 11.7 Å². The van der Waals surface area contributed by atoms with Crippen LogP contribution in [-0.4, -0.2) is 9.97 Å². The molecule has 1 aromatic carbocycles. The van der Waals surface area contributed by atoms with E-state index in [2.05, 4.69) is 52.7 Å². The summed E-state index contributed by atoms with van der Waals surface area (Å²) in [5, 5.41) is 1.00. The minimum Gasteiger partial charge on any atom is -0.236 e. The number of hydrogen-bond donors (Lipinski definition) is 0. The predicted octanol–water partition coefficient (Wildman–Crippen LogP) is 3.05. The molecule has 2 rings (SSSR count). The lowest BCUT2D eigenvalue weighted by Crippen LogP contribution is -1.96. The highest BCUT2D eigenvalue weighted by atomic mass is 31.0. The van der Waals surface area contributed by atoms with Crippen LogP contribution in [0.2, 0.25) is 0 Å². The lowest BCUT2D eigenvalue weighted by atomic mass is 10.1. The van der Waals surface area contributed by atoms with Crippen LogP contribution >= 0.6 is 18.5 Å². The fraction of sp³-hybridized carbons (Fsp3) is 0.231. The van der Waals surface area contributed by atoms with E-state index in [0.717, 1.165) is 22.9 Å². The van der Waals surface area contributed by atoms with E-state index in [9.17, 15) is 0 Å². The highest BCUT2D eigenvalue weighted by Crippen LogP contribution is 2.15. The third-order valence-corrected chi connectivity index (χ3v) is 2.89. The van der Waals surface area contributed by atoms with Crippen molar-refractivity contribution >= 4 is 23.8 Å². The second kappa shape index (κ2) is 7.48. The lowest BCUT2D eigenvalue weighted by molar-refractivity contribution is 1.19. The summed E-state index contributed by atoms with van der Waals surface area (Å²) in [7, 11) is 5.29. The molecule has 0 fully saturated rings. The molecule has 1 heterocycles. The van der Waals surface area contributed by atoms with Gasteiger partial charge in [0.05, 0.1) is 0 Å². The Balaban J connectivity index is 0.000000686. The van der Waals surface area contributed by atoms with Gasteiger partial charge in [0, 0.05) is 23.3 Å². The average molecular weight is 264 g/mol. The SMILES string of the molecule is CC.PCc1ccc(-c2ncc(P)cn2)cc1. The van der Waals surface area contributed by atoms with E-state index in [1.165, 1.54) is 5.56 Å². The average Bonchev–Trinajstić information content (AvgIpc) is 2.42. The summed E-state index contributed by atoms with van der Waals surface area (Å²) in [5.74, 6) is 0.775. The van der Waals surface area contributed by atoms with Crippen molar-refractivity contribution in [1.82, 2.24) is 9.97 Å². The molecule has 0 saturated carbocycles. The molecule has 17 heavy (non-hydrogen) atoms. The monoisotopic (exact) mass is 264 g/mol. The molecule has 2 atom stereocenters. The fourth-order valence-electron chi connectivity index (χ4n) is 1.28. The normalized spacial score (nSPS) is 9.41. The first-order chi connectivity index (χ1) is 8.29. The molecule has 0 bridgehead atoms. The summed E-state index contributed by atoms with van der Waals surface area (Å²) in [6.45, 7) is 4.00. The molecule has 0 radical (unpaired) electrons. The first-order valence-electron chi connectivity index (χ1n) is 5.66. The Morgan fingerprint density at radius 1 is 1.00 bits per heavy atom. The molecule has 0 spiro atoms. The summed E-state index contributed by atoms with van der Waals surface area (Å²) in [6, 6.07) is 8.30. The first-order valence-corrected chi connectivity index (χ1v) is 7.06. The van der Waals surface area contributed by atoms with E-state index in [1.54, 1.807) is 12.4 Å². The summed E-state index contributed by atoms with van der Waals surface area (Å²) in [4.78, 5) is 8.53. The van der Waals surface area contributed by atoms with Crippen LogP contribution in [0.15, 0.2) is 36.7 Å². The molecule has 2 unspecified atom stereocenters. The third kappa shape index (κ3) is 4.15. The van der Waals surface area contributed by atoms with Gasteiger partial charge in [0.25, 0.3) is 0 Å². The Hall–Kier alpha value is -0.840. The zero-order valence-electron chi connectivity index (χ0n) is 10.2. The van der Waals surface area contributed by atoms with Gasteiger partial charge in [-0.1, -0.05) is 38.1 Å². The summed E-state index contributed by atoms with van der Waals surface area (Å²) in [5.41, 5.74) is 2.36. The van der Waals surface area contributed by atoms with Crippen LogP contribution in [0.5, 0.6) is 0 Å². The Morgan fingerprint density at radius 2 is 1.53 bits per heavy atom. The fourth-order valence-corrected chi connectivity index (χ4v) is 1.70. The van der Waals surface area contributed by atoms with Gasteiger partial charge >= 0.3 is 0 Å². The molecule has 0 aliphatic carbocycles. The number of benzene rings is 1. The van der Waals surface area contributed by atoms with Crippen molar-refractivity contribution in [3.05, 3.63) is 42.2 Å². The van der Waals surface area contributed by atoms with Gasteiger partial charge in [0.2, 0.25) is 0 Å². The topological polar surface area (TPSA) is 25.8 Å². The smallest absolute Gasteiger partial charge is 0.159 e. The molecule has 0 amide bonds. The van der Waals surface area contributed by atoms with Crippen molar-refractivity contribution in [1.29, 1.82) is 0 Å². The van der Waals surface area contributed by atoms with Crippen molar-refractivity contribution < 1.29 is 0 Å². The largest absolute Gasteiger partial charge is 0.236 e. The van der Waals surface area contributed by atoms with Gasteiger partial charge in [-0.25, -0.2) is 9.97 Å². The second-order valence-corrected chi connectivity index (χ2v) is 4.32. The van der Waals surface area contributed by atoms with Crippen molar-refractivity contribution in [2.75, 3.05) is 0 Å². The van der Waals surface area contributed by atoms with Crippen LogP contribution < -0.4 is 5.30 Å². The van der Waals surface area contributed by atoms with Crippen LogP contribution in [0.3, 0.4) is 0 Å². The zero-order chi connectivity index (χ0) is 12.7. The predicted molar refractivity (Wildman–Crippen MR) is 81.6 cm³/mol. The Morgan fingerprint density at radius 3 is 2.00 bits per heavy atom. The van der Waals surface area contributed by atoms with Gasteiger partial charge < -0.3 is 0 Å². The van der Waals surface area contributed by atoms with Gasteiger partial charge in [0.1, 0.15) is 0 Å². The number of rotatable bonds is 2. The van der Waals surface area contributed by atoms with Crippen LogP contribution in [0.1, 0.15) is 19.4 Å². The standard InChI is InChI=1S/C11H12N2P2.C2H6/c14-7-8-1-3-9(4-2-8)11-12-5-10(15)6-13-11;1-2/h1-6H,7,14-15H2;1-2H3. The van der Waals surface area contributed by atoms with Crippen LogP contribution in [0, 0.1) is 0 Å². The molecule has 0 aliphatic heterocycles. The van der Waals surface area contributed by atoms with E-state index < -0.39 is 0 Å². The van der Waals surface area contributed by atoms with Gasteiger partial charge in [-0.15, -0.1) is 18.5 Å². The Kier molecular flexibility index (Phi) is 6.26. The quantitative estimate of drug-likeness (QED) is 0.779. The maximum Gasteiger partial charge on any atom is 0.159 e. The second-order valence-electron chi connectivity index (χ2n) is 3.24. The highest BCUT2D eigenvalue weighted by Gasteiger charge is 1.99. The summed E-state index contributed by atoms with van der Waals surface area (Å²) < 4.78 is 0. The zero-order valence-corrected chi connectivity index (χ0v) is 12.5. The highest BCUT2D eigenvalue weighted by molar-refractivity contribution is 7.27. The van der Waals surface area contributed by atoms with Gasteiger partial charge in [-0.3, -0.25) is 0 Å². The van der Waals surface area contributed by atoms with Crippen molar-refractivity contribution in [3.63, 3.8) is 0 Å². The molecule has 90 valence electrons. The molecule has 0 N–H and O–H groups in total. The van der Waals surface area contributed by atoms with Crippen molar-refractivity contribution in [3.8, 4) is 11.4 Å². The van der Waals surface area contributed by atoms with Gasteiger partial charge in [0.15, 0.2) is 5.82 Å². The Bertz CT molecular complexity index is 438. The summed E-state index contributed by atoms with van der Waals surface area (Å²) >= 11 is 0. The summed E-state index contributed by atoms with van der Waals surface area (Å²) in [6.07, 6.45) is 4.58. The molecule has 0 aliphatic rings. The van der Waals surface area contributed by atoms with Crippen LogP contribution in [0.25, 0.3) is 11.4 Å². The van der Waals surface area contributed by atoms with E-state index in [1.807, 2.05) is 13.8 Å². The van der Waals surface area contributed by atoms with E-state index in [-0.39, 0.29) is 0 Å². The molecular formula is C13H18N2P2. The molecule has 4 heteroatoms. The maximum atomic E-state index is 4.27. The number of hydrogen-bond acceptors (Lipinski definition) is 2.